The minimum atomic E-state index is -3.66. The Morgan fingerprint density at radius 3 is 1.67 bits per heavy atom. The van der Waals surface area contributed by atoms with E-state index in [0.717, 1.165) is 6.92 Å². The first-order valence-electron chi connectivity index (χ1n) is 4.80. The number of carboxylic acid groups (broad SMARTS) is 2. The highest BCUT2D eigenvalue weighted by atomic mass is 19.3. The number of hydrogen-bond donors (Lipinski definition) is 2. The summed E-state index contributed by atoms with van der Waals surface area (Å²) >= 11 is 0. The fourth-order valence-electron chi connectivity index (χ4n) is 0.541. The van der Waals surface area contributed by atoms with E-state index >= 15 is 0 Å². The van der Waals surface area contributed by atoms with Crippen LogP contribution in [-0.4, -0.2) is 34.7 Å². The summed E-state index contributed by atoms with van der Waals surface area (Å²) in [5, 5.41) is 16.2. The fourth-order valence-corrected chi connectivity index (χ4v) is 0.541. The van der Waals surface area contributed by atoms with Crippen molar-refractivity contribution in [1.29, 1.82) is 0 Å². The zero-order valence-electron chi connectivity index (χ0n) is 10.2. The van der Waals surface area contributed by atoms with Gasteiger partial charge in [-0.1, -0.05) is 6.08 Å². The van der Waals surface area contributed by atoms with E-state index in [1.54, 1.807) is 19.9 Å². The highest BCUT2D eigenvalue weighted by Gasteiger charge is 2.26. The normalized spacial score (nSPS) is 12.6. The first-order valence-corrected chi connectivity index (χ1v) is 4.80. The molecule has 0 aliphatic heterocycles. The molecule has 0 unspecified atom stereocenters. The molecule has 0 saturated heterocycles. The SMILES string of the molecule is C/C(=C\C(F)(F)CF)C(=O)O.C/C=C(\C)C(=O)O. The molecule has 0 amide bonds. The average Bonchev–Trinajstić information content (AvgIpc) is 2.28. The highest BCUT2D eigenvalue weighted by molar-refractivity contribution is 5.86. The maximum atomic E-state index is 12.0. The molecule has 0 aromatic rings. The van der Waals surface area contributed by atoms with Crippen LogP contribution in [0.3, 0.4) is 0 Å². The third-order valence-corrected chi connectivity index (χ3v) is 1.71. The smallest absolute Gasteiger partial charge is 0.331 e. The lowest BCUT2D eigenvalue weighted by Crippen LogP contribution is -2.16. The summed E-state index contributed by atoms with van der Waals surface area (Å²) in [5.74, 6) is -5.98. The molecule has 0 bridgehead atoms. The lowest BCUT2D eigenvalue weighted by atomic mass is 10.2. The van der Waals surface area contributed by atoms with Gasteiger partial charge in [-0.2, -0.15) is 8.78 Å². The van der Waals surface area contributed by atoms with E-state index in [2.05, 4.69) is 0 Å². The van der Waals surface area contributed by atoms with Crippen LogP contribution in [0.2, 0.25) is 0 Å². The van der Waals surface area contributed by atoms with Crippen molar-refractivity contribution >= 4 is 11.9 Å². The Labute approximate surface area is 102 Å². The predicted octanol–water partition coefficient (Wildman–Crippen LogP) is 2.66. The Morgan fingerprint density at radius 2 is 1.50 bits per heavy atom. The second kappa shape index (κ2) is 8.32. The van der Waals surface area contributed by atoms with Crippen molar-refractivity contribution in [2.24, 2.45) is 0 Å². The Morgan fingerprint density at radius 1 is 1.11 bits per heavy atom. The minimum absolute atomic E-state index is 0.0926. The van der Waals surface area contributed by atoms with E-state index in [9.17, 15) is 22.8 Å². The second-order valence-electron chi connectivity index (χ2n) is 3.30. The van der Waals surface area contributed by atoms with Crippen LogP contribution in [0.1, 0.15) is 20.8 Å². The summed E-state index contributed by atoms with van der Waals surface area (Å²) in [5.41, 5.74) is -0.173. The first-order chi connectivity index (χ1) is 8.07. The van der Waals surface area contributed by atoms with Crippen molar-refractivity contribution in [2.45, 2.75) is 26.7 Å². The van der Waals surface area contributed by atoms with E-state index < -0.39 is 30.1 Å². The summed E-state index contributed by atoms with van der Waals surface area (Å²) < 4.78 is 35.5. The molecule has 104 valence electrons. The summed E-state index contributed by atoms with van der Waals surface area (Å²) in [6, 6.07) is 0. The standard InChI is InChI=1S/C6H7F3O2.C5H8O2/c1-4(5(10)11)2-6(8,9)3-7;1-3-4(2)5(6)7/h2H,3H2,1H3,(H,10,11);3H,1-2H3,(H,6,7)/b4-2+;4-3+. The van der Waals surface area contributed by atoms with E-state index in [0.29, 0.717) is 5.57 Å². The van der Waals surface area contributed by atoms with Gasteiger partial charge < -0.3 is 10.2 Å². The van der Waals surface area contributed by atoms with Crippen molar-refractivity contribution in [3.63, 3.8) is 0 Å². The molecule has 0 saturated carbocycles. The number of alkyl halides is 3. The van der Waals surface area contributed by atoms with Gasteiger partial charge in [0.2, 0.25) is 0 Å². The molecule has 4 nitrogen and oxygen atoms in total. The van der Waals surface area contributed by atoms with Crippen molar-refractivity contribution in [2.75, 3.05) is 6.67 Å². The summed E-state index contributed by atoms with van der Waals surface area (Å²) in [4.78, 5) is 19.8. The van der Waals surface area contributed by atoms with Gasteiger partial charge in [-0.15, -0.1) is 0 Å². The molecule has 0 spiro atoms. The van der Waals surface area contributed by atoms with Crippen LogP contribution in [0.25, 0.3) is 0 Å². The van der Waals surface area contributed by atoms with Gasteiger partial charge in [0, 0.05) is 11.1 Å². The topological polar surface area (TPSA) is 74.6 Å². The van der Waals surface area contributed by atoms with Crippen molar-refractivity contribution in [3.8, 4) is 0 Å². The predicted molar refractivity (Wildman–Crippen MR) is 59.4 cm³/mol. The highest BCUT2D eigenvalue weighted by Crippen LogP contribution is 2.17. The molecule has 0 aromatic heterocycles. The maximum absolute atomic E-state index is 12.0. The Kier molecular flexibility index (Phi) is 8.59. The lowest BCUT2D eigenvalue weighted by molar-refractivity contribution is -0.133. The summed E-state index contributed by atoms with van der Waals surface area (Å²) in [7, 11) is 0. The first kappa shape index (κ1) is 18.6. The van der Waals surface area contributed by atoms with Crippen LogP contribution < -0.4 is 0 Å². The molecule has 0 heterocycles. The fraction of sp³-hybridized carbons (Fsp3) is 0.455. The molecule has 0 rings (SSSR count). The van der Waals surface area contributed by atoms with E-state index in [-0.39, 0.29) is 6.08 Å². The number of carboxylic acids is 2. The van der Waals surface area contributed by atoms with Gasteiger partial charge in [0.25, 0.3) is 5.92 Å². The molecular weight excluding hydrogens is 253 g/mol. The van der Waals surface area contributed by atoms with Gasteiger partial charge >= 0.3 is 11.9 Å². The van der Waals surface area contributed by atoms with Gasteiger partial charge in [0.15, 0.2) is 6.67 Å². The van der Waals surface area contributed by atoms with Crippen LogP contribution in [0.5, 0.6) is 0 Å². The van der Waals surface area contributed by atoms with Crippen molar-refractivity contribution < 1.29 is 33.0 Å². The molecule has 0 aliphatic carbocycles. The quantitative estimate of drug-likeness (QED) is 0.769. The molecule has 0 aliphatic rings. The summed E-state index contributed by atoms with van der Waals surface area (Å²) in [6.07, 6.45) is 1.65. The van der Waals surface area contributed by atoms with E-state index in [4.69, 9.17) is 10.2 Å². The van der Waals surface area contributed by atoms with E-state index in [1.807, 2.05) is 0 Å². The second-order valence-corrected chi connectivity index (χ2v) is 3.30. The van der Waals surface area contributed by atoms with Gasteiger partial charge in [0.1, 0.15) is 0 Å². The van der Waals surface area contributed by atoms with Crippen molar-refractivity contribution in [1.82, 2.24) is 0 Å². The number of hydrogen-bond acceptors (Lipinski definition) is 2. The lowest BCUT2D eigenvalue weighted by Gasteiger charge is -2.05. The van der Waals surface area contributed by atoms with Crippen LogP contribution in [0.4, 0.5) is 13.2 Å². The molecule has 0 radical (unpaired) electrons. The third kappa shape index (κ3) is 9.44. The van der Waals surface area contributed by atoms with E-state index in [1.165, 1.54) is 0 Å². The maximum Gasteiger partial charge on any atom is 0.331 e. The molecule has 0 aromatic carbocycles. The number of halogens is 3. The monoisotopic (exact) mass is 268 g/mol. The third-order valence-electron chi connectivity index (χ3n) is 1.71. The molecule has 0 fully saturated rings. The minimum Gasteiger partial charge on any atom is -0.478 e. The average molecular weight is 268 g/mol. The van der Waals surface area contributed by atoms with Gasteiger partial charge in [-0.05, 0) is 26.8 Å². The van der Waals surface area contributed by atoms with Crippen LogP contribution in [-0.2, 0) is 9.59 Å². The van der Waals surface area contributed by atoms with Gasteiger partial charge in [-0.25, -0.2) is 14.0 Å². The van der Waals surface area contributed by atoms with Gasteiger partial charge in [0.05, 0.1) is 0 Å². The van der Waals surface area contributed by atoms with Gasteiger partial charge in [-0.3, -0.25) is 0 Å². The zero-order chi connectivity index (χ0) is 14.9. The summed E-state index contributed by atoms with van der Waals surface area (Å²) in [6.45, 7) is 2.36. The van der Waals surface area contributed by atoms with Crippen LogP contribution in [0, 0.1) is 0 Å². The Bertz CT molecular complexity index is 359. The molecular formula is C11H15F3O4. The van der Waals surface area contributed by atoms with Crippen LogP contribution in [0.15, 0.2) is 23.3 Å². The van der Waals surface area contributed by atoms with Crippen LogP contribution >= 0.6 is 0 Å². The number of carbonyl (C=O) groups is 2. The molecule has 18 heavy (non-hydrogen) atoms. The number of allylic oxidation sites excluding steroid dienone is 2. The molecule has 0 atom stereocenters. The number of aliphatic carboxylic acids is 2. The number of rotatable bonds is 4. The molecule has 2 N–H and O–H groups in total. The zero-order valence-corrected chi connectivity index (χ0v) is 10.2. The Balaban J connectivity index is 0. The largest absolute Gasteiger partial charge is 0.478 e. The Hall–Kier alpha value is -1.79. The molecule has 7 heteroatoms. The van der Waals surface area contributed by atoms with Crippen molar-refractivity contribution in [3.05, 3.63) is 23.3 Å².